The second-order valence-electron chi connectivity index (χ2n) is 9.50. The Morgan fingerprint density at radius 1 is 1.19 bits per heavy atom. The highest BCUT2D eigenvalue weighted by molar-refractivity contribution is 7.56. The van der Waals surface area contributed by atoms with Crippen LogP contribution in [0.4, 0.5) is 5.82 Å². The summed E-state index contributed by atoms with van der Waals surface area (Å²) in [5.74, 6) is -1.02. The summed E-state index contributed by atoms with van der Waals surface area (Å²) in [5, 5.41) is 2.73. The molecule has 0 radical (unpaired) electrons. The van der Waals surface area contributed by atoms with Crippen LogP contribution in [0.2, 0.25) is 0 Å². The van der Waals surface area contributed by atoms with Gasteiger partial charge in [0.05, 0.1) is 31.7 Å². The van der Waals surface area contributed by atoms with E-state index < -0.39 is 44.1 Å². The van der Waals surface area contributed by atoms with E-state index in [4.69, 9.17) is 24.5 Å². The molecule has 2 aromatic heterocycles. The first kappa shape index (κ1) is 30.6. The number of hydrogen-bond acceptors (Lipinski definition) is 11. The van der Waals surface area contributed by atoms with Crippen LogP contribution in [0.1, 0.15) is 60.8 Å². The highest BCUT2D eigenvalue weighted by Gasteiger charge is 2.39. The van der Waals surface area contributed by atoms with E-state index in [9.17, 15) is 14.2 Å². The molecule has 14 heteroatoms. The number of fused-ring (bicyclic) bond motifs is 1. The summed E-state index contributed by atoms with van der Waals surface area (Å²) in [6.45, 7) is 10.3. The fourth-order valence-electron chi connectivity index (χ4n) is 3.26. The van der Waals surface area contributed by atoms with Crippen molar-refractivity contribution < 1.29 is 32.9 Å². The predicted molar refractivity (Wildman–Crippen MR) is 138 cm³/mol. The summed E-state index contributed by atoms with van der Waals surface area (Å²) in [6.07, 6.45) is 4.28. The molecular formula is C23H39N6O7P. The number of esters is 2. The van der Waals surface area contributed by atoms with Gasteiger partial charge >= 0.3 is 11.9 Å². The van der Waals surface area contributed by atoms with Crippen molar-refractivity contribution in [2.75, 3.05) is 25.3 Å². The Bertz CT molecular complexity index is 1090. The number of aromatic nitrogens is 4. The molecule has 0 unspecified atom stereocenters. The highest BCUT2D eigenvalue weighted by atomic mass is 31.2. The third-order valence-electron chi connectivity index (χ3n) is 5.12. The summed E-state index contributed by atoms with van der Waals surface area (Å²) in [5.41, 5.74) is 5.45. The quantitative estimate of drug-likeness (QED) is 0.181. The molecule has 2 aromatic rings. The molecule has 0 saturated heterocycles. The number of nitrogens with zero attached hydrogens (tertiary/aromatic N) is 4. The molecule has 3 N–H and O–H groups in total. The lowest BCUT2D eigenvalue weighted by atomic mass is 10.1. The monoisotopic (exact) mass is 542 g/mol. The van der Waals surface area contributed by atoms with Crippen molar-refractivity contribution in [1.82, 2.24) is 24.6 Å². The van der Waals surface area contributed by atoms with Gasteiger partial charge in [0, 0.05) is 0 Å². The van der Waals surface area contributed by atoms with Crippen LogP contribution in [0.15, 0.2) is 12.7 Å². The van der Waals surface area contributed by atoms with Crippen LogP contribution in [-0.4, -0.2) is 68.8 Å². The van der Waals surface area contributed by atoms with E-state index in [1.807, 2.05) is 6.92 Å². The minimum atomic E-state index is -3.88. The van der Waals surface area contributed by atoms with Crippen LogP contribution in [0.25, 0.3) is 11.2 Å². The molecule has 208 valence electrons. The number of nitrogens with two attached hydrogens (primary N) is 1. The third kappa shape index (κ3) is 9.66. The molecule has 0 bridgehead atoms. The van der Waals surface area contributed by atoms with Crippen LogP contribution in [0, 0.1) is 0 Å². The van der Waals surface area contributed by atoms with E-state index >= 15 is 0 Å². The van der Waals surface area contributed by atoms with E-state index in [1.165, 1.54) is 20.2 Å². The maximum Gasteiger partial charge on any atom is 0.332 e. The first-order valence-corrected chi connectivity index (χ1v) is 14.1. The number of anilines is 1. The third-order valence-corrected chi connectivity index (χ3v) is 7.05. The molecule has 2 rings (SSSR count). The number of ether oxygens (including phenoxy) is 3. The molecule has 0 aliphatic carbocycles. The normalized spacial score (nSPS) is 14.5. The Morgan fingerprint density at radius 2 is 1.92 bits per heavy atom. The van der Waals surface area contributed by atoms with Crippen LogP contribution in [0.5, 0.6) is 0 Å². The zero-order valence-electron chi connectivity index (χ0n) is 22.4. The van der Waals surface area contributed by atoms with Gasteiger partial charge in [0.25, 0.3) is 7.52 Å². The van der Waals surface area contributed by atoms with Gasteiger partial charge in [-0.05, 0) is 41.0 Å². The molecule has 2 heterocycles. The topological polar surface area (TPSA) is 170 Å². The van der Waals surface area contributed by atoms with Gasteiger partial charge < -0.3 is 29.0 Å². The van der Waals surface area contributed by atoms with Crippen molar-refractivity contribution in [3.8, 4) is 0 Å². The number of hydrogen-bond donors (Lipinski definition) is 2. The number of carbonyl (C=O) groups is 2. The van der Waals surface area contributed by atoms with E-state index in [0.29, 0.717) is 17.7 Å². The van der Waals surface area contributed by atoms with Gasteiger partial charge in [-0.15, -0.1) is 0 Å². The van der Waals surface area contributed by atoms with E-state index in [0.717, 1.165) is 19.3 Å². The van der Waals surface area contributed by atoms with Gasteiger partial charge in [-0.3, -0.25) is 9.36 Å². The molecule has 0 aliphatic rings. The van der Waals surface area contributed by atoms with Gasteiger partial charge in [-0.2, -0.15) is 0 Å². The number of carbonyl (C=O) groups excluding carboxylic acids is 2. The molecule has 0 spiro atoms. The Kier molecular flexibility index (Phi) is 11.4. The highest BCUT2D eigenvalue weighted by Crippen LogP contribution is 2.45. The van der Waals surface area contributed by atoms with Gasteiger partial charge in [0.15, 0.2) is 18.1 Å². The summed E-state index contributed by atoms with van der Waals surface area (Å²) < 4.78 is 37.2. The fraction of sp³-hybridized carbons (Fsp3) is 0.696. The first-order valence-electron chi connectivity index (χ1n) is 12.3. The maximum atomic E-state index is 13.7. The lowest BCUT2D eigenvalue weighted by molar-refractivity contribution is -0.153. The van der Waals surface area contributed by atoms with Gasteiger partial charge in [-0.1, -0.05) is 19.8 Å². The molecule has 0 amide bonds. The van der Waals surface area contributed by atoms with Crippen molar-refractivity contribution in [1.29, 1.82) is 0 Å². The van der Waals surface area contributed by atoms with Crippen molar-refractivity contribution in [3.05, 3.63) is 12.7 Å². The summed E-state index contributed by atoms with van der Waals surface area (Å²) in [4.78, 5) is 37.0. The molecule has 0 fully saturated rings. The Hall–Kier alpha value is -2.60. The van der Waals surface area contributed by atoms with E-state index in [1.54, 1.807) is 31.7 Å². The number of unbranched alkanes of at least 4 members (excludes halogenated alkanes) is 2. The number of nitrogen functional groups attached to an aromatic ring is 1. The van der Waals surface area contributed by atoms with Crippen molar-refractivity contribution in [2.45, 2.75) is 85.1 Å². The van der Waals surface area contributed by atoms with Gasteiger partial charge in [0.1, 0.15) is 23.7 Å². The van der Waals surface area contributed by atoms with Crippen molar-refractivity contribution in [2.24, 2.45) is 0 Å². The average molecular weight is 543 g/mol. The van der Waals surface area contributed by atoms with Crippen LogP contribution >= 0.6 is 7.52 Å². The van der Waals surface area contributed by atoms with Crippen LogP contribution in [-0.2, 0) is 39.4 Å². The summed E-state index contributed by atoms with van der Waals surface area (Å²) in [7, 11) is -3.88. The van der Waals surface area contributed by atoms with E-state index in [-0.39, 0.29) is 18.5 Å². The maximum absolute atomic E-state index is 13.7. The molecule has 37 heavy (non-hydrogen) atoms. The Labute approximate surface area is 217 Å². The summed E-state index contributed by atoms with van der Waals surface area (Å²) in [6, 6.07) is 0. The molecule has 0 saturated carbocycles. The second kappa shape index (κ2) is 13.8. The Balaban J connectivity index is 2.08. The number of rotatable bonds is 16. The molecule has 2 atom stereocenters. The van der Waals surface area contributed by atoms with Crippen molar-refractivity contribution in [3.63, 3.8) is 0 Å². The standard InChI is InChI=1S/C23H39N6O7P/c1-7-8-9-10-33-18(30)12-35-37(32,28-23(5,6)22(31)36-16(2)3)15-34-17(4)11-29-14-27-19-20(24)25-13-26-21(19)29/h13-14,16-17H,7-12,15H2,1-6H3,(H,28,32)(H2,24,25,26)/t17-,37+/m1/s1. The minimum absolute atomic E-state index is 0.250. The van der Waals surface area contributed by atoms with Gasteiger partial charge in [0.2, 0.25) is 0 Å². The second-order valence-corrected chi connectivity index (χ2v) is 11.6. The predicted octanol–water partition coefficient (Wildman–Crippen LogP) is 3.03. The molecule has 0 aromatic carbocycles. The smallest absolute Gasteiger partial charge is 0.332 e. The fourth-order valence-corrected chi connectivity index (χ4v) is 5.17. The van der Waals surface area contributed by atoms with Crippen LogP contribution < -0.4 is 10.8 Å². The SMILES string of the molecule is CCCCCOC(=O)CO[P@@](=O)(CO[C@H](C)Cn1cnc2c(N)ncnc21)NC(C)(C)C(=O)OC(C)C. The Morgan fingerprint density at radius 3 is 2.59 bits per heavy atom. The zero-order chi connectivity index (χ0) is 27.6. The average Bonchev–Trinajstić information content (AvgIpc) is 3.22. The summed E-state index contributed by atoms with van der Waals surface area (Å²) >= 11 is 0. The molecule has 0 aliphatic heterocycles. The molecule has 13 nitrogen and oxygen atoms in total. The largest absolute Gasteiger partial charge is 0.464 e. The lowest BCUT2D eigenvalue weighted by Crippen LogP contribution is -2.47. The van der Waals surface area contributed by atoms with Gasteiger partial charge in [-0.25, -0.2) is 24.8 Å². The van der Waals surface area contributed by atoms with Crippen molar-refractivity contribution >= 4 is 36.4 Å². The van der Waals surface area contributed by atoms with E-state index in [2.05, 4.69) is 20.0 Å². The number of nitrogens with one attached hydrogen (secondary N) is 1. The molecular weight excluding hydrogens is 503 g/mol. The first-order chi connectivity index (χ1) is 17.4. The lowest BCUT2D eigenvalue weighted by Gasteiger charge is -2.30. The van der Waals surface area contributed by atoms with Crippen LogP contribution in [0.3, 0.4) is 0 Å². The number of imidazole rings is 1. The minimum Gasteiger partial charge on any atom is -0.464 e. The zero-order valence-corrected chi connectivity index (χ0v) is 23.3.